The highest BCUT2D eigenvalue weighted by atomic mass is 79.9. The van der Waals surface area contributed by atoms with Crippen molar-refractivity contribution in [3.8, 4) is 0 Å². The molecule has 0 heterocycles. The first kappa shape index (κ1) is 14.9. The van der Waals surface area contributed by atoms with Crippen LogP contribution in [-0.4, -0.2) is 8.42 Å². The Hall–Kier alpha value is -1.53. The van der Waals surface area contributed by atoms with E-state index in [2.05, 4.69) is 22.5 Å². The zero-order valence-corrected chi connectivity index (χ0v) is 12.5. The molecule has 0 N–H and O–H groups in total. The van der Waals surface area contributed by atoms with Gasteiger partial charge in [0.15, 0.2) is 0 Å². The summed E-state index contributed by atoms with van der Waals surface area (Å²) in [6.07, 6.45) is 0. The lowest BCUT2D eigenvalue weighted by Gasteiger charge is -2.08. The summed E-state index contributed by atoms with van der Waals surface area (Å²) in [4.78, 5) is -0.331. The lowest BCUT2D eigenvalue weighted by atomic mass is 10.2. The molecule has 2 nitrogen and oxygen atoms in total. The second-order valence-electron chi connectivity index (χ2n) is 4.01. The quantitative estimate of drug-likeness (QED) is 0.771. The second kappa shape index (κ2) is 5.46. The minimum Gasteiger partial charge on any atom is -0.219 e. The Kier molecular flexibility index (Phi) is 4.06. The van der Waals surface area contributed by atoms with Crippen LogP contribution in [0.25, 0.3) is 4.91 Å². The standard InChI is InChI=1S/C14H9BrF2O2S/c1-9(10-2-7-13(15)14(17)8-10)20(18,19)12-5-3-11(16)4-6-12/h2-8H,1H2. The Morgan fingerprint density at radius 3 is 2.20 bits per heavy atom. The summed E-state index contributed by atoms with van der Waals surface area (Å²) in [7, 11) is -3.88. The van der Waals surface area contributed by atoms with Crippen molar-refractivity contribution in [2.24, 2.45) is 0 Å². The minimum absolute atomic E-state index is 0.0905. The molecule has 0 amide bonds. The smallest absolute Gasteiger partial charge is 0.206 e. The van der Waals surface area contributed by atoms with Gasteiger partial charge in [0, 0.05) is 0 Å². The molecular weight excluding hydrogens is 350 g/mol. The highest BCUT2D eigenvalue weighted by Gasteiger charge is 2.21. The van der Waals surface area contributed by atoms with Gasteiger partial charge in [-0.2, -0.15) is 0 Å². The van der Waals surface area contributed by atoms with Crippen LogP contribution in [0.2, 0.25) is 0 Å². The fraction of sp³-hybridized carbons (Fsp3) is 0. The van der Waals surface area contributed by atoms with Gasteiger partial charge in [0.05, 0.1) is 14.3 Å². The summed E-state index contributed by atoms with van der Waals surface area (Å²) in [6, 6.07) is 8.29. The van der Waals surface area contributed by atoms with Crippen LogP contribution in [0.5, 0.6) is 0 Å². The zero-order chi connectivity index (χ0) is 14.9. The van der Waals surface area contributed by atoms with E-state index < -0.39 is 21.5 Å². The monoisotopic (exact) mass is 358 g/mol. The maximum atomic E-state index is 13.5. The SMILES string of the molecule is C=C(c1ccc(Br)c(F)c1)S(=O)(=O)c1ccc(F)cc1. The molecule has 0 aromatic heterocycles. The van der Waals surface area contributed by atoms with E-state index in [4.69, 9.17) is 0 Å². The largest absolute Gasteiger partial charge is 0.219 e. The summed E-state index contributed by atoms with van der Waals surface area (Å²) < 4.78 is 51.1. The van der Waals surface area contributed by atoms with Gasteiger partial charge in [-0.05, 0) is 57.9 Å². The Balaban J connectivity index is 2.46. The van der Waals surface area contributed by atoms with E-state index in [9.17, 15) is 17.2 Å². The molecule has 20 heavy (non-hydrogen) atoms. The molecule has 0 fully saturated rings. The van der Waals surface area contributed by atoms with Crippen LogP contribution in [0.3, 0.4) is 0 Å². The fourth-order valence-electron chi connectivity index (χ4n) is 1.58. The highest BCUT2D eigenvalue weighted by molar-refractivity contribution is 9.10. The van der Waals surface area contributed by atoms with Crippen molar-refractivity contribution in [3.63, 3.8) is 0 Å². The summed E-state index contributed by atoms with van der Waals surface area (Å²) in [5, 5.41) is 0. The molecule has 0 bridgehead atoms. The van der Waals surface area contributed by atoms with E-state index in [0.29, 0.717) is 0 Å². The van der Waals surface area contributed by atoms with E-state index in [1.807, 2.05) is 0 Å². The van der Waals surface area contributed by atoms with Crippen molar-refractivity contribution in [2.45, 2.75) is 4.90 Å². The first-order valence-electron chi connectivity index (χ1n) is 5.47. The van der Waals surface area contributed by atoms with Gasteiger partial charge in [0.1, 0.15) is 11.6 Å². The number of halogens is 3. The van der Waals surface area contributed by atoms with Gasteiger partial charge in [-0.3, -0.25) is 0 Å². The van der Waals surface area contributed by atoms with Crippen molar-refractivity contribution in [1.82, 2.24) is 0 Å². The van der Waals surface area contributed by atoms with Gasteiger partial charge < -0.3 is 0 Å². The highest BCUT2D eigenvalue weighted by Crippen LogP contribution is 2.28. The molecule has 0 saturated heterocycles. The van der Waals surface area contributed by atoms with Gasteiger partial charge >= 0.3 is 0 Å². The Bertz CT molecular complexity index is 768. The third-order valence-corrected chi connectivity index (χ3v) is 5.11. The van der Waals surface area contributed by atoms with E-state index >= 15 is 0 Å². The van der Waals surface area contributed by atoms with Gasteiger partial charge in [0.2, 0.25) is 9.84 Å². The van der Waals surface area contributed by atoms with Crippen molar-refractivity contribution in [3.05, 3.63) is 70.7 Å². The van der Waals surface area contributed by atoms with Crippen LogP contribution in [0, 0.1) is 11.6 Å². The van der Waals surface area contributed by atoms with Gasteiger partial charge in [-0.15, -0.1) is 0 Å². The predicted molar refractivity (Wildman–Crippen MR) is 76.7 cm³/mol. The average Bonchev–Trinajstić information content (AvgIpc) is 2.41. The molecule has 2 aromatic rings. The van der Waals surface area contributed by atoms with E-state index in [1.165, 1.54) is 12.1 Å². The molecule has 0 aliphatic heterocycles. The number of hydrogen-bond acceptors (Lipinski definition) is 2. The topological polar surface area (TPSA) is 34.1 Å². The second-order valence-corrected chi connectivity index (χ2v) is 6.83. The van der Waals surface area contributed by atoms with E-state index in [-0.39, 0.29) is 19.8 Å². The molecule has 0 atom stereocenters. The van der Waals surface area contributed by atoms with Crippen molar-refractivity contribution in [2.75, 3.05) is 0 Å². The van der Waals surface area contributed by atoms with Crippen LogP contribution in [0.1, 0.15) is 5.56 Å². The van der Waals surface area contributed by atoms with Crippen LogP contribution < -0.4 is 0 Å². The Morgan fingerprint density at radius 2 is 1.65 bits per heavy atom. The normalized spacial score (nSPS) is 11.3. The lowest BCUT2D eigenvalue weighted by molar-refractivity contribution is 0.604. The molecule has 0 aliphatic rings. The van der Waals surface area contributed by atoms with E-state index in [0.717, 1.165) is 30.3 Å². The first-order chi connectivity index (χ1) is 9.32. The van der Waals surface area contributed by atoms with Gasteiger partial charge in [0.25, 0.3) is 0 Å². The third kappa shape index (κ3) is 2.81. The first-order valence-corrected chi connectivity index (χ1v) is 7.75. The molecule has 0 saturated carbocycles. The predicted octanol–water partition coefficient (Wildman–Crippen LogP) is 4.17. The number of sulfone groups is 1. The van der Waals surface area contributed by atoms with Crippen LogP contribution in [0.15, 0.2) is 58.4 Å². The molecule has 0 unspecified atom stereocenters. The summed E-state index contributed by atoms with van der Waals surface area (Å²) >= 11 is 2.99. The van der Waals surface area contributed by atoms with Gasteiger partial charge in [-0.25, -0.2) is 17.2 Å². The number of hydrogen-bond donors (Lipinski definition) is 0. The van der Waals surface area contributed by atoms with Crippen LogP contribution >= 0.6 is 15.9 Å². The Labute approximate surface area is 123 Å². The number of benzene rings is 2. The van der Waals surface area contributed by atoms with Crippen molar-refractivity contribution >= 4 is 30.7 Å². The molecule has 6 heteroatoms. The zero-order valence-electron chi connectivity index (χ0n) is 10.1. The Morgan fingerprint density at radius 1 is 1.05 bits per heavy atom. The number of rotatable bonds is 3. The van der Waals surface area contributed by atoms with Crippen LogP contribution in [-0.2, 0) is 9.84 Å². The maximum absolute atomic E-state index is 13.5. The maximum Gasteiger partial charge on any atom is 0.206 e. The van der Waals surface area contributed by atoms with Crippen molar-refractivity contribution in [1.29, 1.82) is 0 Å². The molecule has 0 aliphatic carbocycles. The van der Waals surface area contributed by atoms with Crippen molar-refractivity contribution < 1.29 is 17.2 Å². The minimum atomic E-state index is -3.88. The summed E-state index contributed by atoms with van der Waals surface area (Å²) in [5.41, 5.74) is 0.148. The average molecular weight is 359 g/mol. The van der Waals surface area contributed by atoms with E-state index in [1.54, 1.807) is 0 Å². The molecule has 104 valence electrons. The van der Waals surface area contributed by atoms with Crippen LogP contribution in [0.4, 0.5) is 8.78 Å². The summed E-state index contributed by atoms with van der Waals surface area (Å²) in [5.74, 6) is -1.12. The fourth-order valence-corrected chi connectivity index (χ4v) is 3.04. The molecule has 0 radical (unpaired) electrons. The molecule has 2 aromatic carbocycles. The lowest BCUT2D eigenvalue weighted by Crippen LogP contribution is -2.03. The third-order valence-electron chi connectivity index (χ3n) is 2.69. The molecule has 2 rings (SSSR count). The molecular formula is C14H9BrF2O2S. The molecule has 0 spiro atoms. The summed E-state index contributed by atoms with van der Waals surface area (Å²) in [6.45, 7) is 3.50. The van der Waals surface area contributed by atoms with Gasteiger partial charge in [-0.1, -0.05) is 12.6 Å².